The van der Waals surface area contributed by atoms with E-state index in [1.807, 2.05) is 0 Å². The van der Waals surface area contributed by atoms with Crippen LogP contribution in [0.3, 0.4) is 0 Å². The van der Waals surface area contributed by atoms with Gasteiger partial charge in [-0.15, -0.1) is 0 Å². The van der Waals surface area contributed by atoms with Crippen molar-refractivity contribution in [2.45, 2.75) is 39.2 Å². The SMILES string of the molecule is CCCCCN1CCC(COCc2ccc(F)cc2)C1.O=C(O)C(=O)O. The van der Waals surface area contributed by atoms with Gasteiger partial charge in [0.2, 0.25) is 0 Å². The van der Waals surface area contributed by atoms with E-state index in [1.165, 1.54) is 57.5 Å². The molecule has 1 atom stereocenters. The fraction of sp³-hybridized carbons (Fsp3) is 0.579. The number of unbranched alkanes of at least 4 members (excludes halogenated alkanes) is 2. The highest BCUT2D eigenvalue weighted by Gasteiger charge is 2.21. The number of hydrogen-bond donors (Lipinski definition) is 2. The minimum Gasteiger partial charge on any atom is -0.473 e. The second-order valence-corrected chi connectivity index (χ2v) is 6.41. The molecule has 7 heteroatoms. The summed E-state index contributed by atoms with van der Waals surface area (Å²) in [6.45, 7) is 7.29. The second kappa shape index (κ2) is 12.4. The van der Waals surface area contributed by atoms with Crippen molar-refractivity contribution in [1.82, 2.24) is 4.90 Å². The zero-order chi connectivity index (χ0) is 19.4. The number of ether oxygens (including phenoxy) is 1. The first-order chi connectivity index (χ1) is 12.4. The molecule has 0 saturated carbocycles. The first-order valence-electron chi connectivity index (χ1n) is 8.93. The molecule has 1 fully saturated rings. The maximum Gasteiger partial charge on any atom is 0.414 e. The molecule has 1 heterocycles. The minimum absolute atomic E-state index is 0.188. The van der Waals surface area contributed by atoms with Gasteiger partial charge in [0.1, 0.15) is 5.82 Å². The summed E-state index contributed by atoms with van der Waals surface area (Å²) in [4.78, 5) is 20.8. The van der Waals surface area contributed by atoms with Crippen LogP contribution in [0.15, 0.2) is 24.3 Å². The van der Waals surface area contributed by atoms with E-state index in [9.17, 15) is 4.39 Å². The predicted molar refractivity (Wildman–Crippen MR) is 95.4 cm³/mol. The summed E-state index contributed by atoms with van der Waals surface area (Å²) in [5.41, 5.74) is 1.05. The summed E-state index contributed by atoms with van der Waals surface area (Å²) in [6.07, 6.45) is 5.19. The zero-order valence-electron chi connectivity index (χ0n) is 15.2. The maximum atomic E-state index is 12.8. The Bertz CT molecular complexity index is 537. The van der Waals surface area contributed by atoms with E-state index in [4.69, 9.17) is 24.5 Å². The van der Waals surface area contributed by atoms with Crippen LogP contribution < -0.4 is 0 Å². The predicted octanol–water partition coefficient (Wildman–Crippen LogP) is 3.01. The van der Waals surface area contributed by atoms with Crippen molar-refractivity contribution in [2.24, 2.45) is 5.92 Å². The topological polar surface area (TPSA) is 87.1 Å². The lowest BCUT2D eigenvalue weighted by atomic mass is 10.1. The Labute approximate surface area is 153 Å². The number of likely N-dealkylation sites (tertiary alicyclic amines) is 1. The van der Waals surface area contributed by atoms with Crippen LogP contribution in [0, 0.1) is 11.7 Å². The van der Waals surface area contributed by atoms with Crippen LogP contribution in [0.4, 0.5) is 4.39 Å². The molecule has 1 unspecified atom stereocenters. The average molecular weight is 369 g/mol. The number of halogens is 1. The van der Waals surface area contributed by atoms with E-state index in [2.05, 4.69) is 11.8 Å². The van der Waals surface area contributed by atoms with Crippen molar-refractivity contribution in [3.05, 3.63) is 35.6 Å². The van der Waals surface area contributed by atoms with Gasteiger partial charge < -0.3 is 19.8 Å². The fourth-order valence-electron chi connectivity index (χ4n) is 2.76. The van der Waals surface area contributed by atoms with Crippen LogP contribution in [0.1, 0.15) is 38.2 Å². The summed E-state index contributed by atoms with van der Waals surface area (Å²) in [6, 6.07) is 6.57. The van der Waals surface area contributed by atoms with Crippen molar-refractivity contribution in [3.63, 3.8) is 0 Å². The molecule has 1 aromatic rings. The number of carboxylic acid groups (broad SMARTS) is 2. The molecular weight excluding hydrogens is 341 g/mol. The smallest absolute Gasteiger partial charge is 0.414 e. The van der Waals surface area contributed by atoms with Gasteiger partial charge in [-0.2, -0.15) is 0 Å². The molecule has 1 aliphatic rings. The molecule has 0 aliphatic carbocycles. The first kappa shape index (κ1) is 22.1. The molecule has 0 amide bonds. The highest BCUT2D eigenvalue weighted by molar-refractivity contribution is 6.27. The first-order valence-corrected chi connectivity index (χ1v) is 8.93. The van der Waals surface area contributed by atoms with Gasteiger partial charge >= 0.3 is 11.9 Å². The summed E-state index contributed by atoms with van der Waals surface area (Å²) in [5.74, 6) is -3.17. The van der Waals surface area contributed by atoms with Gasteiger partial charge in [-0.05, 0) is 49.5 Å². The third-order valence-corrected chi connectivity index (χ3v) is 4.17. The lowest BCUT2D eigenvalue weighted by molar-refractivity contribution is -0.159. The Morgan fingerprint density at radius 2 is 1.85 bits per heavy atom. The Balaban J connectivity index is 0.000000487. The maximum absolute atomic E-state index is 12.8. The lowest BCUT2D eigenvalue weighted by Crippen LogP contribution is -2.23. The van der Waals surface area contributed by atoms with E-state index in [0.717, 1.165) is 12.2 Å². The van der Waals surface area contributed by atoms with Gasteiger partial charge in [-0.1, -0.05) is 31.9 Å². The number of carboxylic acids is 2. The molecule has 0 bridgehead atoms. The van der Waals surface area contributed by atoms with Crippen LogP contribution in [0.25, 0.3) is 0 Å². The molecule has 1 saturated heterocycles. The summed E-state index contributed by atoms with van der Waals surface area (Å²) in [5, 5.41) is 14.8. The van der Waals surface area contributed by atoms with Crippen LogP contribution in [-0.2, 0) is 20.9 Å². The molecule has 0 spiro atoms. The second-order valence-electron chi connectivity index (χ2n) is 6.41. The number of rotatable bonds is 8. The van der Waals surface area contributed by atoms with Crippen molar-refractivity contribution < 1.29 is 28.9 Å². The molecule has 6 nitrogen and oxygen atoms in total. The minimum atomic E-state index is -1.82. The molecule has 1 aliphatic heterocycles. The zero-order valence-corrected chi connectivity index (χ0v) is 15.2. The lowest BCUT2D eigenvalue weighted by Gasteiger charge is -2.15. The molecule has 0 aromatic heterocycles. The number of benzene rings is 1. The van der Waals surface area contributed by atoms with E-state index >= 15 is 0 Å². The van der Waals surface area contributed by atoms with Crippen molar-refractivity contribution >= 4 is 11.9 Å². The van der Waals surface area contributed by atoms with Crippen LogP contribution >= 0.6 is 0 Å². The highest BCUT2D eigenvalue weighted by atomic mass is 19.1. The third-order valence-electron chi connectivity index (χ3n) is 4.17. The average Bonchev–Trinajstić information content (AvgIpc) is 3.05. The molecule has 26 heavy (non-hydrogen) atoms. The summed E-state index contributed by atoms with van der Waals surface area (Å²) in [7, 11) is 0. The van der Waals surface area contributed by atoms with Gasteiger partial charge in [0, 0.05) is 6.54 Å². The van der Waals surface area contributed by atoms with Gasteiger partial charge in [0.05, 0.1) is 13.2 Å². The normalized spacial score (nSPS) is 16.8. The Kier molecular flexibility index (Phi) is 10.5. The molecule has 146 valence electrons. The monoisotopic (exact) mass is 369 g/mol. The molecule has 0 radical (unpaired) electrons. The Hall–Kier alpha value is -1.99. The molecular formula is C19H28FNO5. The van der Waals surface area contributed by atoms with Gasteiger partial charge in [-0.25, -0.2) is 14.0 Å². The van der Waals surface area contributed by atoms with Crippen LogP contribution in [0.5, 0.6) is 0 Å². The van der Waals surface area contributed by atoms with Gasteiger partial charge in [0.25, 0.3) is 0 Å². The van der Waals surface area contributed by atoms with Crippen LogP contribution in [0.2, 0.25) is 0 Å². The van der Waals surface area contributed by atoms with Crippen molar-refractivity contribution in [3.8, 4) is 0 Å². The summed E-state index contributed by atoms with van der Waals surface area (Å²) < 4.78 is 18.5. The van der Waals surface area contributed by atoms with E-state index in [-0.39, 0.29) is 5.82 Å². The number of aliphatic carboxylic acids is 2. The number of nitrogens with zero attached hydrogens (tertiary/aromatic N) is 1. The van der Waals surface area contributed by atoms with Gasteiger partial charge in [-0.3, -0.25) is 0 Å². The van der Waals surface area contributed by atoms with Crippen molar-refractivity contribution in [1.29, 1.82) is 0 Å². The third kappa shape index (κ3) is 9.48. The fourth-order valence-corrected chi connectivity index (χ4v) is 2.76. The molecule has 2 N–H and O–H groups in total. The summed E-state index contributed by atoms with van der Waals surface area (Å²) >= 11 is 0. The quantitative estimate of drug-likeness (QED) is 0.541. The van der Waals surface area contributed by atoms with E-state index in [1.54, 1.807) is 12.1 Å². The Morgan fingerprint density at radius 3 is 2.42 bits per heavy atom. The number of carbonyl (C=O) groups is 2. The molecule has 1 aromatic carbocycles. The van der Waals surface area contributed by atoms with E-state index < -0.39 is 11.9 Å². The standard InChI is InChI=1S/C17H26FNO.C2H2O4/c1-2-3-4-10-19-11-9-16(12-19)14-20-13-15-5-7-17(18)8-6-15;3-1(4)2(5)6/h5-8,16H,2-4,9-14H2,1H3;(H,3,4)(H,5,6). The highest BCUT2D eigenvalue weighted by Crippen LogP contribution is 2.18. The van der Waals surface area contributed by atoms with Crippen molar-refractivity contribution in [2.75, 3.05) is 26.2 Å². The van der Waals surface area contributed by atoms with Crippen LogP contribution in [-0.4, -0.2) is 53.3 Å². The molecule has 2 rings (SSSR count). The van der Waals surface area contributed by atoms with E-state index in [0.29, 0.717) is 12.5 Å². The van der Waals surface area contributed by atoms with Gasteiger partial charge in [0.15, 0.2) is 0 Å². The Morgan fingerprint density at radius 1 is 1.19 bits per heavy atom. The number of hydrogen-bond acceptors (Lipinski definition) is 4. The largest absolute Gasteiger partial charge is 0.473 e.